The number of hydrogen-bond donors (Lipinski definition) is 0. The minimum atomic E-state index is -4.10. The normalized spacial score (nSPS) is 19.7. The summed E-state index contributed by atoms with van der Waals surface area (Å²) in [7, 11) is -4.10. The highest BCUT2D eigenvalue weighted by Crippen LogP contribution is 2.29. The molecule has 0 bridgehead atoms. The van der Waals surface area contributed by atoms with Crippen LogP contribution in [0.1, 0.15) is 18.4 Å². The highest BCUT2D eigenvalue weighted by Gasteiger charge is 2.45. The first-order valence-corrected chi connectivity index (χ1v) is 11.6. The summed E-state index contributed by atoms with van der Waals surface area (Å²) in [6.45, 7) is 3.74. The first-order chi connectivity index (χ1) is 14.8. The summed E-state index contributed by atoms with van der Waals surface area (Å²) in [5.41, 5.74) is 1.77. The Morgan fingerprint density at radius 1 is 0.968 bits per heavy atom. The van der Waals surface area contributed by atoms with Gasteiger partial charge >= 0.3 is 0 Å². The van der Waals surface area contributed by atoms with E-state index in [1.165, 1.54) is 24.3 Å². The molecule has 0 N–H and O–H groups in total. The van der Waals surface area contributed by atoms with E-state index in [9.17, 15) is 22.4 Å². The summed E-state index contributed by atoms with van der Waals surface area (Å²) in [5, 5.41) is 0. The van der Waals surface area contributed by atoms with Crippen molar-refractivity contribution in [1.29, 1.82) is 0 Å². The first kappa shape index (κ1) is 21.3. The molecule has 0 aliphatic carbocycles. The van der Waals surface area contributed by atoms with Crippen molar-refractivity contribution >= 4 is 27.5 Å². The number of anilines is 1. The topological polar surface area (TPSA) is 78.0 Å². The fraction of sp³-hybridized carbons (Fsp3) is 0.364. The third-order valence-electron chi connectivity index (χ3n) is 5.81. The first-order valence-electron chi connectivity index (χ1n) is 10.2. The van der Waals surface area contributed by atoms with E-state index < -0.39 is 22.0 Å². The van der Waals surface area contributed by atoms with Crippen LogP contribution in [0.3, 0.4) is 0 Å². The van der Waals surface area contributed by atoms with Gasteiger partial charge in [-0.05, 0) is 49.7 Å². The summed E-state index contributed by atoms with van der Waals surface area (Å²) >= 11 is 0. The highest BCUT2D eigenvalue weighted by atomic mass is 32.2. The molecule has 4 rings (SSSR count). The van der Waals surface area contributed by atoms with E-state index in [2.05, 4.69) is 0 Å². The van der Waals surface area contributed by atoms with Gasteiger partial charge < -0.3 is 9.80 Å². The van der Waals surface area contributed by atoms with Gasteiger partial charge in [-0.25, -0.2) is 17.1 Å². The second-order valence-corrected chi connectivity index (χ2v) is 9.67. The molecule has 2 heterocycles. The zero-order chi connectivity index (χ0) is 22.2. The summed E-state index contributed by atoms with van der Waals surface area (Å²) in [5.74, 6) is -1.21. The predicted octanol–water partition coefficient (Wildman–Crippen LogP) is 2.16. The lowest BCUT2D eigenvalue weighted by molar-refractivity contribution is -0.138. The van der Waals surface area contributed by atoms with Gasteiger partial charge in [0.15, 0.2) is 0 Å². The molecule has 2 aromatic carbocycles. The molecule has 1 atom stereocenters. The third-order valence-corrected chi connectivity index (χ3v) is 7.65. The van der Waals surface area contributed by atoms with Gasteiger partial charge in [0.2, 0.25) is 11.8 Å². The molecule has 2 saturated heterocycles. The van der Waals surface area contributed by atoms with Crippen LogP contribution in [0.25, 0.3) is 0 Å². The molecular formula is C22H24FN3O4S. The van der Waals surface area contributed by atoms with Gasteiger partial charge in [0.1, 0.15) is 11.9 Å². The van der Waals surface area contributed by atoms with E-state index in [0.29, 0.717) is 26.2 Å². The minimum absolute atomic E-state index is 0.00674. The van der Waals surface area contributed by atoms with E-state index in [1.54, 1.807) is 29.2 Å². The number of rotatable bonds is 4. The van der Waals surface area contributed by atoms with Crippen molar-refractivity contribution < 1.29 is 22.4 Å². The van der Waals surface area contributed by atoms with E-state index in [4.69, 9.17) is 0 Å². The SMILES string of the molecule is Cc1ccc(S(=O)(=O)N2C(=O)CC[C@H]2C(=O)N2CCN(c3ccc(F)cc3)CC2)cc1. The number of nitrogens with zero attached hydrogens (tertiary/aromatic N) is 3. The number of halogens is 1. The van der Waals surface area contributed by atoms with Crippen LogP contribution in [-0.4, -0.2) is 61.7 Å². The Morgan fingerprint density at radius 3 is 2.19 bits per heavy atom. The van der Waals surface area contributed by atoms with Gasteiger partial charge in [-0.2, -0.15) is 0 Å². The fourth-order valence-corrected chi connectivity index (χ4v) is 5.66. The standard InChI is InChI=1S/C22H24FN3O4S/c1-16-2-8-19(9-3-16)31(29,30)26-20(10-11-21(26)27)22(28)25-14-12-24(13-15-25)18-6-4-17(23)5-7-18/h2-9,20H,10-15H2,1H3/t20-/m0/s1. The lowest BCUT2D eigenvalue weighted by Crippen LogP contribution is -2.55. The van der Waals surface area contributed by atoms with Crippen LogP contribution >= 0.6 is 0 Å². The van der Waals surface area contributed by atoms with Gasteiger partial charge in [-0.1, -0.05) is 17.7 Å². The molecule has 7 nitrogen and oxygen atoms in total. The number of carbonyl (C=O) groups is 2. The second-order valence-electron chi connectivity index (χ2n) is 7.85. The number of hydrogen-bond acceptors (Lipinski definition) is 5. The van der Waals surface area contributed by atoms with Crippen LogP contribution in [-0.2, 0) is 19.6 Å². The summed E-state index contributed by atoms with van der Waals surface area (Å²) in [6, 6.07) is 11.4. The Morgan fingerprint density at radius 2 is 1.58 bits per heavy atom. The lowest BCUT2D eigenvalue weighted by Gasteiger charge is -2.38. The highest BCUT2D eigenvalue weighted by molar-refractivity contribution is 7.89. The van der Waals surface area contributed by atoms with E-state index >= 15 is 0 Å². The molecule has 164 valence electrons. The molecule has 2 aromatic rings. The van der Waals surface area contributed by atoms with Crippen molar-refractivity contribution in [3.8, 4) is 0 Å². The Hall–Kier alpha value is -2.94. The summed E-state index contributed by atoms with van der Waals surface area (Å²) in [4.78, 5) is 29.3. The molecule has 9 heteroatoms. The van der Waals surface area contributed by atoms with E-state index in [0.717, 1.165) is 15.6 Å². The Balaban J connectivity index is 1.48. The maximum absolute atomic E-state index is 13.2. The number of benzene rings is 2. The molecule has 0 spiro atoms. The van der Waals surface area contributed by atoms with Crippen LogP contribution in [0.5, 0.6) is 0 Å². The quantitative estimate of drug-likeness (QED) is 0.721. The van der Waals surface area contributed by atoms with Crippen molar-refractivity contribution in [3.05, 3.63) is 59.9 Å². The monoisotopic (exact) mass is 445 g/mol. The van der Waals surface area contributed by atoms with Gasteiger partial charge in [-0.3, -0.25) is 9.59 Å². The number of aryl methyl sites for hydroxylation is 1. The molecule has 0 saturated carbocycles. The van der Waals surface area contributed by atoms with Crippen molar-refractivity contribution in [1.82, 2.24) is 9.21 Å². The van der Waals surface area contributed by atoms with Crippen LogP contribution in [0, 0.1) is 12.7 Å². The number of sulfonamides is 1. The van der Waals surface area contributed by atoms with Gasteiger partial charge in [-0.15, -0.1) is 0 Å². The summed E-state index contributed by atoms with van der Waals surface area (Å²) < 4.78 is 40.1. The van der Waals surface area contributed by atoms with Crippen molar-refractivity contribution in [2.45, 2.75) is 30.7 Å². The van der Waals surface area contributed by atoms with Crippen LogP contribution < -0.4 is 4.90 Å². The minimum Gasteiger partial charge on any atom is -0.368 e. The fourth-order valence-electron chi connectivity index (χ4n) is 4.06. The average molecular weight is 446 g/mol. The number of amides is 2. The van der Waals surface area contributed by atoms with Crippen molar-refractivity contribution in [3.63, 3.8) is 0 Å². The molecular weight excluding hydrogens is 421 g/mol. The molecule has 2 aliphatic rings. The molecule has 2 amide bonds. The van der Waals surface area contributed by atoms with Crippen LogP contribution in [0.15, 0.2) is 53.4 Å². The zero-order valence-corrected chi connectivity index (χ0v) is 18.0. The molecule has 0 unspecified atom stereocenters. The number of carbonyl (C=O) groups excluding carboxylic acids is 2. The maximum atomic E-state index is 13.2. The summed E-state index contributed by atoms with van der Waals surface area (Å²) in [6.07, 6.45) is 0.206. The third kappa shape index (κ3) is 4.14. The molecule has 0 aromatic heterocycles. The predicted molar refractivity (Wildman–Crippen MR) is 113 cm³/mol. The van der Waals surface area contributed by atoms with E-state index in [-0.39, 0.29) is 29.5 Å². The zero-order valence-electron chi connectivity index (χ0n) is 17.2. The van der Waals surface area contributed by atoms with Gasteiger partial charge in [0.05, 0.1) is 4.90 Å². The van der Waals surface area contributed by atoms with Crippen molar-refractivity contribution in [2.24, 2.45) is 0 Å². The molecule has 0 radical (unpaired) electrons. The number of piperazine rings is 1. The Bertz CT molecular complexity index is 1080. The van der Waals surface area contributed by atoms with Crippen LogP contribution in [0.4, 0.5) is 10.1 Å². The van der Waals surface area contributed by atoms with Crippen molar-refractivity contribution in [2.75, 3.05) is 31.1 Å². The second kappa shape index (κ2) is 8.30. The molecule has 31 heavy (non-hydrogen) atoms. The van der Waals surface area contributed by atoms with Gasteiger partial charge in [0, 0.05) is 38.3 Å². The van der Waals surface area contributed by atoms with E-state index in [1.807, 2.05) is 11.8 Å². The lowest BCUT2D eigenvalue weighted by atomic mass is 10.1. The largest absolute Gasteiger partial charge is 0.368 e. The Labute approximate surface area is 181 Å². The molecule has 2 aliphatic heterocycles. The Kier molecular flexibility index (Phi) is 5.70. The van der Waals surface area contributed by atoms with Gasteiger partial charge in [0.25, 0.3) is 10.0 Å². The molecule has 2 fully saturated rings. The van der Waals surface area contributed by atoms with Crippen LogP contribution in [0.2, 0.25) is 0 Å². The maximum Gasteiger partial charge on any atom is 0.267 e. The average Bonchev–Trinajstić information content (AvgIpc) is 3.16. The smallest absolute Gasteiger partial charge is 0.267 e.